The first-order valence-electron chi connectivity index (χ1n) is 43.0. The highest BCUT2D eigenvalue weighted by Crippen LogP contribution is 2.50. The highest BCUT2D eigenvalue weighted by Gasteiger charge is 2.50. The molecule has 29 heteroatoms. The first kappa shape index (κ1) is 87.5. The zero-order valence-electron chi connectivity index (χ0n) is 70.4. The Hall–Kier alpha value is -12.0. The quantitative estimate of drug-likeness (QED) is 0.0228. The number of hydrogen-bond acceptors (Lipinski definition) is 20. The van der Waals surface area contributed by atoms with Crippen LogP contribution in [0.3, 0.4) is 0 Å². The predicted octanol–water partition coefficient (Wildman–Crippen LogP) is 17.9. The van der Waals surface area contributed by atoms with Crippen molar-refractivity contribution in [3.63, 3.8) is 0 Å². The summed E-state index contributed by atoms with van der Waals surface area (Å²) in [5.41, 5.74) is 8.29. The number of phenols is 1. The van der Waals surface area contributed by atoms with E-state index in [4.69, 9.17) is 75.3 Å². The number of phenolic OH excluding ortho intramolecular Hbond substituents is 1. The molecular weight excluding hydrogens is 1650 g/mol. The number of nitro benzene ring substituents is 1. The average Bonchev–Trinajstić information content (AvgIpc) is 1.58. The molecule has 8 aliphatic rings. The smallest absolute Gasteiger partial charge is 0.416 e. The number of nitrogens with zero attached hydrogens (tertiary/aromatic N) is 7. The number of fused-ring (bicyclic) bond motifs is 10. The van der Waals surface area contributed by atoms with Gasteiger partial charge >= 0.3 is 12.2 Å². The number of aromatic hydroxyl groups is 1. The molecule has 4 unspecified atom stereocenters. The van der Waals surface area contributed by atoms with E-state index in [-0.39, 0.29) is 121 Å². The molecule has 17 rings (SSSR count). The van der Waals surface area contributed by atoms with Crippen LogP contribution < -0.4 is 43.3 Å². The van der Waals surface area contributed by atoms with Gasteiger partial charge in [-0.15, -0.1) is 23.2 Å². The van der Waals surface area contributed by atoms with Crippen molar-refractivity contribution in [3.05, 3.63) is 243 Å². The maximum absolute atomic E-state index is 14.4. The molecule has 0 radical (unpaired) electrons. The fourth-order valence-corrected chi connectivity index (χ4v) is 19.0. The molecule has 8 atom stereocenters. The maximum atomic E-state index is 14.4. The van der Waals surface area contributed by atoms with Crippen LogP contribution in [0.15, 0.2) is 183 Å². The molecule has 9 aromatic rings. The number of amides is 6. The van der Waals surface area contributed by atoms with Crippen LogP contribution in [0.2, 0.25) is 0 Å². The van der Waals surface area contributed by atoms with Gasteiger partial charge in [0.15, 0.2) is 48.0 Å². The van der Waals surface area contributed by atoms with Crippen molar-refractivity contribution in [3.8, 4) is 34.5 Å². The summed E-state index contributed by atoms with van der Waals surface area (Å²) < 4.78 is 67.4. The normalized spacial score (nSPS) is 20.6. The van der Waals surface area contributed by atoms with Gasteiger partial charge in [0.1, 0.15) is 44.5 Å². The van der Waals surface area contributed by atoms with Gasteiger partial charge in [-0.1, -0.05) is 122 Å². The summed E-state index contributed by atoms with van der Waals surface area (Å²) in [6, 6.07) is 46.0. The number of carbonyl (C=O) groups excluding carboxylic acids is 6. The first-order valence-corrected chi connectivity index (χ1v) is 44.1. The number of halogens is 2. The topological polar surface area (TPSA) is 287 Å². The van der Waals surface area contributed by atoms with E-state index < -0.39 is 54.2 Å². The highest BCUT2D eigenvalue weighted by atomic mass is 35.5. The van der Waals surface area contributed by atoms with Crippen LogP contribution in [0.5, 0.6) is 34.5 Å². The average molecular weight is 1760 g/mol. The predicted molar refractivity (Wildman–Crippen MR) is 476 cm³/mol. The van der Waals surface area contributed by atoms with Crippen molar-refractivity contribution >= 4 is 109 Å². The summed E-state index contributed by atoms with van der Waals surface area (Å²) in [5, 5.41) is 25.5. The van der Waals surface area contributed by atoms with E-state index in [1.807, 2.05) is 103 Å². The molecule has 0 aromatic heterocycles. The van der Waals surface area contributed by atoms with Gasteiger partial charge < -0.3 is 76.8 Å². The number of anilines is 4. The van der Waals surface area contributed by atoms with Crippen molar-refractivity contribution < 1.29 is 90.9 Å². The first-order chi connectivity index (χ1) is 61.4. The van der Waals surface area contributed by atoms with E-state index in [0.29, 0.717) is 106 Å². The van der Waals surface area contributed by atoms with Gasteiger partial charge in [-0.25, -0.2) is 19.4 Å². The van der Waals surface area contributed by atoms with Crippen LogP contribution >= 0.6 is 23.2 Å². The fourth-order valence-electron chi connectivity index (χ4n) is 18.5. The van der Waals surface area contributed by atoms with Gasteiger partial charge in [-0.05, 0) is 151 Å². The summed E-state index contributed by atoms with van der Waals surface area (Å²) in [6.07, 6.45) is 8.54. The Balaban J connectivity index is 0.000000188. The number of alkyl halides is 2. The lowest BCUT2D eigenvalue weighted by molar-refractivity contribution is -0.384. The molecule has 4 saturated heterocycles. The zero-order chi connectivity index (χ0) is 87.6. The van der Waals surface area contributed by atoms with Crippen LogP contribution in [0.4, 0.5) is 38.0 Å². The zero-order valence-corrected chi connectivity index (χ0v) is 71.9. The molecule has 27 nitrogen and oxygen atoms in total. The minimum absolute atomic E-state index is 0.00259. The van der Waals surface area contributed by atoms with E-state index in [2.05, 4.69) is 13.2 Å². The van der Waals surface area contributed by atoms with E-state index in [9.17, 15) is 44.0 Å². The van der Waals surface area contributed by atoms with Crippen molar-refractivity contribution in [2.75, 3.05) is 98.2 Å². The van der Waals surface area contributed by atoms with Gasteiger partial charge in [0.2, 0.25) is 11.8 Å². The Morgan fingerprint density at radius 1 is 0.492 bits per heavy atom. The Bertz CT molecular complexity index is 5590. The molecule has 0 aliphatic carbocycles. The Morgan fingerprint density at radius 3 is 1.37 bits per heavy atom. The molecule has 4 fully saturated rings. The van der Waals surface area contributed by atoms with E-state index in [1.165, 1.54) is 48.3 Å². The second-order valence-electron chi connectivity index (χ2n) is 32.5. The number of piperidine rings is 2. The van der Waals surface area contributed by atoms with Crippen molar-refractivity contribution in [1.82, 2.24) is 9.80 Å². The molecule has 0 spiro atoms. The van der Waals surface area contributed by atoms with Crippen molar-refractivity contribution in [2.45, 2.75) is 159 Å². The lowest BCUT2D eigenvalue weighted by Gasteiger charge is -2.42. The summed E-state index contributed by atoms with van der Waals surface area (Å²) in [5.74, 6) is 1.65. The van der Waals surface area contributed by atoms with Crippen LogP contribution in [0, 0.1) is 10.1 Å². The molecule has 8 aliphatic heterocycles. The third kappa shape index (κ3) is 18.5. The Kier molecular flexibility index (Phi) is 27.6. The SMILES string of the molecule is C=CCOC(=O)N1c2cc(OCc3cccc(CC(=O)N4C[C@@H](CCl)c5c4cc(O)c4ccccc54)c3)c(OC)cc2C(=O)N2CCCC[C@H]2C1OC1CCCCO1.C=CCOC(=O)N1c2cc(OCc3cccc(CC(=O)N4C[C@@H](CCl)c5c4cc(OCc4ccc([N+](=O)[O-])cc4)c4ccccc54)c3)c(OC)cc2C(=O)N2CCCC[C@H]2C1OC1CCCCO1. The monoisotopic (exact) mass is 1750 g/mol. The summed E-state index contributed by atoms with van der Waals surface area (Å²) in [6.45, 7) is 10.6. The lowest BCUT2D eigenvalue weighted by atomic mass is 9.95. The summed E-state index contributed by atoms with van der Waals surface area (Å²) in [4.78, 5) is 106. The number of ether oxygens (including phenoxy) is 11. The lowest BCUT2D eigenvalue weighted by Crippen LogP contribution is -2.57. The van der Waals surface area contributed by atoms with Gasteiger partial charge in [0, 0.05) is 110 Å². The number of methoxy groups -OCH3 is 2. The third-order valence-corrected chi connectivity index (χ3v) is 25.2. The fraction of sp³-hybridized carbons (Fsp3) is 0.381. The highest BCUT2D eigenvalue weighted by molar-refractivity contribution is 6.20. The van der Waals surface area contributed by atoms with Gasteiger partial charge in [0.05, 0.1) is 77.9 Å². The largest absolute Gasteiger partial charge is 0.507 e. The number of hydrogen-bond donors (Lipinski definition) is 1. The van der Waals surface area contributed by atoms with E-state index >= 15 is 0 Å². The second-order valence-corrected chi connectivity index (χ2v) is 33.1. The van der Waals surface area contributed by atoms with Gasteiger partial charge in [-0.2, -0.15) is 0 Å². The molecule has 0 bridgehead atoms. The molecule has 1 N–H and O–H groups in total. The summed E-state index contributed by atoms with van der Waals surface area (Å²) >= 11 is 13.0. The van der Waals surface area contributed by atoms with Crippen LogP contribution in [-0.4, -0.2) is 171 Å². The molecule has 8 heterocycles. The molecule has 0 saturated carbocycles. The number of non-ortho nitro benzene ring substituents is 1. The Labute approximate surface area is 740 Å². The number of nitro groups is 1. The molecular formula is C97H101Cl2N7O20. The minimum atomic E-state index is -0.904. The second kappa shape index (κ2) is 39.7. The summed E-state index contributed by atoms with van der Waals surface area (Å²) in [7, 11) is 3.00. The van der Waals surface area contributed by atoms with Crippen LogP contribution in [-0.2, 0) is 70.7 Å². The minimum Gasteiger partial charge on any atom is -0.507 e. The van der Waals surface area contributed by atoms with Crippen LogP contribution in [0.1, 0.15) is 149 Å². The number of benzene rings is 9. The van der Waals surface area contributed by atoms with E-state index in [0.717, 1.165) is 118 Å². The third-order valence-electron chi connectivity index (χ3n) is 24.5. The molecule has 126 heavy (non-hydrogen) atoms. The molecule has 9 aromatic carbocycles. The molecule has 658 valence electrons. The van der Waals surface area contributed by atoms with Crippen LogP contribution in [0.25, 0.3) is 21.5 Å². The van der Waals surface area contributed by atoms with E-state index in [1.54, 1.807) is 62.1 Å². The van der Waals surface area contributed by atoms with Gasteiger partial charge in [-0.3, -0.25) is 29.3 Å². The van der Waals surface area contributed by atoms with Crippen molar-refractivity contribution in [2.24, 2.45) is 0 Å². The number of rotatable bonds is 26. The molecule has 6 amide bonds. The number of carbonyl (C=O) groups is 6. The van der Waals surface area contributed by atoms with Gasteiger partial charge in [0.25, 0.3) is 17.5 Å². The maximum Gasteiger partial charge on any atom is 0.416 e. The Morgan fingerprint density at radius 2 is 0.921 bits per heavy atom. The standard InChI is InChI=1S/C52H53ClN4O11.C45H48ClN3O9/c1-3-22-65-52(60)56-42-27-46(45(63-2)26-40(42)50(59)54-21-8-6-15-41(54)51(56)68-48-16-7-9-23-64-48)67-32-35-12-10-11-34(24-35)25-47(58)55-30-36(29-53)49-39-14-5-4-13-38(39)44(28-43(49)55)66-31-33-17-19-37(20-18-33)57(61)62;1-3-18-56-45(53)49-35-24-39(38(54-2)22-33(35)43(52)47-17-8-6-15-34(47)44(49)58-41-16-7-9-19-55-41)57-27-29-12-10-11-28(20-29)21-40(51)48-26-30(25-46)42-32-14-5-4-13-31(32)37(50)23-36(42)48/h3-5,10-14,17-20,24,26-28,36,41,48,51H,1,6-9,15-16,21-23,25,29-32H2,2H3;3-5,10-14,20,22-24,30,34,41,44,50H,1,6-9,15-19,21,25-27H2,2H3/t36-,41+,48?,51?;30-,34+,41?,44?/m11/s1. The van der Waals surface area contributed by atoms with Crippen molar-refractivity contribution in [1.29, 1.82) is 0 Å².